The van der Waals surface area contributed by atoms with E-state index >= 15 is 0 Å². The van der Waals surface area contributed by atoms with Crippen LogP contribution in [0, 0.1) is 11.3 Å². The first-order chi connectivity index (χ1) is 16.7. The molecule has 7 nitrogen and oxygen atoms in total. The molecule has 1 saturated carbocycles. The van der Waals surface area contributed by atoms with Gasteiger partial charge in [-0.25, -0.2) is 0 Å². The van der Waals surface area contributed by atoms with Gasteiger partial charge in [0.05, 0.1) is 37.1 Å². The van der Waals surface area contributed by atoms with Crippen LogP contribution in [-0.2, 0) is 37.0 Å². The summed E-state index contributed by atoms with van der Waals surface area (Å²) in [4.78, 5) is 13.4. The molecule has 8 heteroatoms. The van der Waals surface area contributed by atoms with E-state index in [4.69, 9.17) is 30.5 Å². The zero-order chi connectivity index (χ0) is 25.1. The number of nitrogens with one attached hydrogen (secondary N) is 1. The Morgan fingerprint density at radius 2 is 1.97 bits per heavy atom. The number of rotatable bonds is 8. The first-order valence-electron chi connectivity index (χ1n) is 11.9. The number of nitrogens with zero attached hydrogens (tertiary/aromatic N) is 1. The summed E-state index contributed by atoms with van der Waals surface area (Å²) in [6.07, 6.45) is -0.588. The highest BCUT2D eigenvalue weighted by Crippen LogP contribution is 2.44. The van der Waals surface area contributed by atoms with E-state index < -0.39 is 23.6 Å². The van der Waals surface area contributed by atoms with Crippen molar-refractivity contribution in [2.75, 3.05) is 6.54 Å². The number of amides is 1. The van der Waals surface area contributed by atoms with Crippen molar-refractivity contribution in [1.29, 1.82) is 5.26 Å². The predicted octanol–water partition coefficient (Wildman–Crippen LogP) is 4.50. The summed E-state index contributed by atoms with van der Waals surface area (Å²) < 4.78 is 25.1. The molecule has 2 aromatic carbocycles. The number of carbonyl (C=O) groups is 1. The molecular weight excluding hydrogens is 468 g/mol. The SMILES string of the molecule is CCNC(=O)[C@@]1(OCc2ccccc2C#N)C[C@@H](OCc2cccc(Cl)c2)[C@@H]2OC(C)(C)O[C@@H]2C1. The lowest BCUT2D eigenvalue weighted by atomic mass is 9.78. The molecule has 35 heavy (non-hydrogen) atoms. The maximum atomic E-state index is 13.4. The molecule has 0 radical (unpaired) electrons. The highest BCUT2D eigenvalue weighted by molar-refractivity contribution is 6.30. The Morgan fingerprint density at radius 1 is 1.17 bits per heavy atom. The van der Waals surface area contributed by atoms with Gasteiger partial charge >= 0.3 is 0 Å². The lowest BCUT2D eigenvalue weighted by Crippen LogP contribution is -2.60. The third-order valence-corrected chi connectivity index (χ3v) is 6.63. The summed E-state index contributed by atoms with van der Waals surface area (Å²) in [5, 5.41) is 13.0. The Morgan fingerprint density at radius 3 is 2.71 bits per heavy atom. The lowest BCUT2D eigenvalue weighted by Gasteiger charge is -2.43. The van der Waals surface area contributed by atoms with Crippen LogP contribution in [0.2, 0.25) is 5.02 Å². The standard InChI is InChI=1S/C27H31ClN2O5/c1-4-30-25(31)27(33-17-20-10-6-5-9-19(20)15-29)13-22(24-23(14-27)34-26(2,3)35-24)32-16-18-8-7-11-21(28)12-18/h5-12,22-24H,4,13-14,16-17H2,1-3H3,(H,30,31)/t22-,23-,24+,27-/m1/s1. The molecule has 2 aliphatic rings. The van der Waals surface area contributed by atoms with Gasteiger partial charge in [-0.2, -0.15) is 5.26 Å². The number of nitriles is 1. The third kappa shape index (κ3) is 5.85. The fraction of sp³-hybridized carbons (Fsp3) is 0.481. The van der Waals surface area contributed by atoms with Crippen LogP contribution >= 0.6 is 11.6 Å². The third-order valence-electron chi connectivity index (χ3n) is 6.40. The Bertz CT molecular complexity index is 1100. The van der Waals surface area contributed by atoms with Gasteiger partial charge in [-0.05, 0) is 50.1 Å². The van der Waals surface area contributed by atoms with Crippen molar-refractivity contribution in [3.8, 4) is 6.07 Å². The predicted molar refractivity (Wildman–Crippen MR) is 130 cm³/mol. The number of hydrogen-bond acceptors (Lipinski definition) is 6. The van der Waals surface area contributed by atoms with Crippen molar-refractivity contribution in [2.24, 2.45) is 0 Å². The number of likely N-dealkylation sites (N-methyl/N-ethyl adjacent to an activating group) is 1. The minimum Gasteiger partial charge on any atom is -0.371 e. The van der Waals surface area contributed by atoms with Crippen LogP contribution in [0.1, 0.15) is 50.3 Å². The van der Waals surface area contributed by atoms with Gasteiger partial charge in [0.25, 0.3) is 5.91 Å². The Kier molecular flexibility index (Phi) is 7.80. The zero-order valence-corrected chi connectivity index (χ0v) is 21.0. The smallest absolute Gasteiger partial charge is 0.252 e. The van der Waals surface area contributed by atoms with Crippen LogP contribution in [0.25, 0.3) is 0 Å². The Balaban J connectivity index is 1.61. The van der Waals surface area contributed by atoms with E-state index in [1.54, 1.807) is 12.1 Å². The summed E-state index contributed by atoms with van der Waals surface area (Å²) >= 11 is 6.14. The molecule has 0 unspecified atom stereocenters. The van der Waals surface area contributed by atoms with Gasteiger partial charge in [-0.1, -0.05) is 41.9 Å². The Hall–Kier alpha value is -2.47. The van der Waals surface area contributed by atoms with Crippen LogP contribution in [0.4, 0.5) is 0 Å². The molecular formula is C27H31ClN2O5. The van der Waals surface area contributed by atoms with E-state index in [1.807, 2.05) is 57.2 Å². The van der Waals surface area contributed by atoms with E-state index in [0.717, 1.165) is 11.1 Å². The van der Waals surface area contributed by atoms with Gasteiger partial charge in [0.15, 0.2) is 11.4 Å². The van der Waals surface area contributed by atoms with Gasteiger partial charge < -0.3 is 24.3 Å². The molecule has 4 rings (SSSR count). The molecule has 0 aromatic heterocycles. The highest BCUT2D eigenvalue weighted by Gasteiger charge is 2.58. The van der Waals surface area contributed by atoms with Crippen molar-refractivity contribution in [3.63, 3.8) is 0 Å². The molecule has 2 aromatic rings. The molecule has 0 spiro atoms. The number of ether oxygens (including phenoxy) is 4. The number of carbonyl (C=O) groups excluding carboxylic acids is 1. The summed E-state index contributed by atoms with van der Waals surface area (Å²) in [5.41, 5.74) is 0.955. The van der Waals surface area contributed by atoms with Crippen molar-refractivity contribution >= 4 is 17.5 Å². The molecule has 1 saturated heterocycles. The largest absolute Gasteiger partial charge is 0.371 e. The van der Waals surface area contributed by atoms with Crippen LogP contribution in [0.15, 0.2) is 48.5 Å². The van der Waals surface area contributed by atoms with Crippen molar-refractivity contribution in [1.82, 2.24) is 5.32 Å². The molecule has 2 fully saturated rings. The van der Waals surface area contributed by atoms with Gasteiger partial charge in [0, 0.05) is 24.4 Å². The summed E-state index contributed by atoms with van der Waals surface area (Å²) in [5.74, 6) is -1.03. The second-order valence-electron chi connectivity index (χ2n) is 9.44. The highest BCUT2D eigenvalue weighted by atomic mass is 35.5. The molecule has 1 aliphatic carbocycles. The fourth-order valence-corrected chi connectivity index (χ4v) is 5.04. The first-order valence-corrected chi connectivity index (χ1v) is 12.2. The van der Waals surface area contributed by atoms with Gasteiger partial charge in [0.2, 0.25) is 0 Å². The van der Waals surface area contributed by atoms with Crippen molar-refractivity contribution in [3.05, 3.63) is 70.2 Å². The maximum absolute atomic E-state index is 13.4. The number of fused-ring (bicyclic) bond motifs is 1. The molecule has 1 N–H and O–H groups in total. The maximum Gasteiger partial charge on any atom is 0.252 e. The first kappa shape index (κ1) is 25.6. The molecule has 1 aliphatic heterocycles. The van der Waals surface area contributed by atoms with Gasteiger partial charge in [-0.3, -0.25) is 4.79 Å². The molecule has 0 bridgehead atoms. The van der Waals surface area contributed by atoms with E-state index in [0.29, 0.717) is 30.2 Å². The van der Waals surface area contributed by atoms with Crippen molar-refractivity contribution in [2.45, 2.75) is 76.5 Å². The summed E-state index contributed by atoms with van der Waals surface area (Å²) in [6, 6.07) is 16.9. The van der Waals surface area contributed by atoms with Crippen LogP contribution in [0.3, 0.4) is 0 Å². The summed E-state index contributed by atoms with van der Waals surface area (Å²) in [6.45, 7) is 6.47. The second kappa shape index (κ2) is 10.7. The number of hydrogen-bond donors (Lipinski definition) is 1. The van der Waals surface area contributed by atoms with E-state index in [1.165, 1.54) is 0 Å². The minimum atomic E-state index is -1.21. The average molecular weight is 499 g/mol. The number of benzene rings is 2. The minimum absolute atomic E-state index is 0.115. The van der Waals surface area contributed by atoms with E-state index in [-0.39, 0.29) is 25.0 Å². The molecule has 4 atom stereocenters. The monoisotopic (exact) mass is 498 g/mol. The van der Waals surface area contributed by atoms with Gasteiger partial charge in [0.1, 0.15) is 6.10 Å². The van der Waals surface area contributed by atoms with Crippen LogP contribution < -0.4 is 5.32 Å². The number of halogens is 1. The molecule has 1 amide bonds. The second-order valence-corrected chi connectivity index (χ2v) is 9.87. The topological polar surface area (TPSA) is 89.8 Å². The van der Waals surface area contributed by atoms with Gasteiger partial charge in [-0.15, -0.1) is 0 Å². The van der Waals surface area contributed by atoms with Crippen LogP contribution in [-0.4, -0.2) is 42.2 Å². The normalized spacial score (nSPS) is 27.1. The van der Waals surface area contributed by atoms with E-state index in [9.17, 15) is 10.1 Å². The molecule has 186 valence electrons. The van der Waals surface area contributed by atoms with Crippen LogP contribution in [0.5, 0.6) is 0 Å². The fourth-order valence-electron chi connectivity index (χ4n) is 4.83. The lowest BCUT2D eigenvalue weighted by molar-refractivity contribution is -0.183. The molecule has 1 heterocycles. The average Bonchev–Trinajstić information content (AvgIpc) is 3.15. The van der Waals surface area contributed by atoms with Crippen molar-refractivity contribution < 1.29 is 23.7 Å². The Labute approximate surface area is 211 Å². The zero-order valence-electron chi connectivity index (χ0n) is 20.3. The summed E-state index contributed by atoms with van der Waals surface area (Å²) in [7, 11) is 0. The quantitative estimate of drug-likeness (QED) is 0.576. The van der Waals surface area contributed by atoms with E-state index in [2.05, 4.69) is 11.4 Å².